The second kappa shape index (κ2) is 5.60. The van der Waals surface area contributed by atoms with Crippen molar-refractivity contribution in [1.29, 1.82) is 0 Å². The van der Waals surface area contributed by atoms with E-state index in [9.17, 15) is 4.79 Å². The molecule has 0 bridgehead atoms. The molecule has 2 aromatic carbocycles. The lowest BCUT2D eigenvalue weighted by Crippen LogP contribution is -2.36. The SMILES string of the molecule is CN(C)c1ccccc1C(=O)NC1Cc2ccccc2C1. The molecular formula is C18H20N2O. The molecule has 3 nitrogen and oxygen atoms in total. The van der Waals surface area contributed by atoms with Crippen molar-refractivity contribution >= 4 is 11.6 Å². The van der Waals surface area contributed by atoms with Crippen LogP contribution in [0, 0.1) is 0 Å². The number of nitrogens with zero attached hydrogens (tertiary/aromatic N) is 1. The highest BCUT2D eigenvalue weighted by Gasteiger charge is 2.23. The number of hydrogen-bond donors (Lipinski definition) is 1. The van der Waals surface area contributed by atoms with Gasteiger partial charge in [-0.15, -0.1) is 0 Å². The minimum atomic E-state index is 0.0112. The molecule has 0 saturated carbocycles. The van der Waals surface area contributed by atoms with Gasteiger partial charge in [-0.1, -0.05) is 36.4 Å². The molecule has 0 atom stereocenters. The molecule has 0 unspecified atom stereocenters. The van der Waals surface area contributed by atoms with Gasteiger partial charge >= 0.3 is 0 Å². The third-order valence-corrected chi connectivity index (χ3v) is 4.02. The maximum atomic E-state index is 12.5. The van der Waals surface area contributed by atoms with Gasteiger partial charge in [-0.2, -0.15) is 0 Å². The summed E-state index contributed by atoms with van der Waals surface area (Å²) in [5.74, 6) is 0.0112. The Balaban J connectivity index is 1.74. The van der Waals surface area contributed by atoms with Crippen LogP contribution < -0.4 is 10.2 Å². The van der Waals surface area contributed by atoms with Crippen LogP contribution in [0.15, 0.2) is 48.5 Å². The quantitative estimate of drug-likeness (QED) is 0.937. The fraction of sp³-hybridized carbons (Fsp3) is 0.278. The average Bonchev–Trinajstić information content (AvgIpc) is 2.89. The second-order valence-electron chi connectivity index (χ2n) is 5.76. The Morgan fingerprint density at radius 2 is 1.57 bits per heavy atom. The normalized spacial score (nSPS) is 13.8. The number of para-hydroxylation sites is 1. The number of nitrogens with one attached hydrogen (secondary N) is 1. The van der Waals surface area contributed by atoms with E-state index >= 15 is 0 Å². The van der Waals surface area contributed by atoms with E-state index in [-0.39, 0.29) is 11.9 Å². The summed E-state index contributed by atoms with van der Waals surface area (Å²) in [6.07, 6.45) is 1.85. The Kier molecular flexibility index (Phi) is 3.65. The lowest BCUT2D eigenvalue weighted by molar-refractivity contribution is 0.0939. The summed E-state index contributed by atoms with van der Waals surface area (Å²) in [5, 5.41) is 3.17. The zero-order chi connectivity index (χ0) is 14.8. The van der Waals surface area contributed by atoms with Crippen molar-refractivity contribution in [2.24, 2.45) is 0 Å². The molecule has 21 heavy (non-hydrogen) atoms. The molecule has 3 rings (SSSR count). The fourth-order valence-electron chi connectivity index (χ4n) is 2.98. The highest BCUT2D eigenvalue weighted by atomic mass is 16.1. The van der Waals surface area contributed by atoms with Gasteiger partial charge in [0.2, 0.25) is 0 Å². The first-order valence-corrected chi connectivity index (χ1v) is 7.29. The zero-order valence-electron chi connectivity index (χ0n) is 12.5. The van der Waals surface area contributed by atoms with Crippen molar-refractivity contribution in [2.75, 3.05) is 19.0 Å². The summed E-state index contributed by atoms with van der Waals surface area (Å²) in [5.41, 5.74) is 4.39. The highest BCUT2D eigenvalue weighted by Crippen LogP contribution is 2.23. The third-order valence-electron chi connectivity index (χ3n) is 4.02. The van der Waals surface area contributed by atoms with Crippen LogP contribution in [0.4, 0.5) is 5.69 Å². The minimum Gasteiger partial charge on any atom is -0.377 e. The Hall–Kier alpha value is -2.29. The highest BCUT2D eigenvalue weighted by molar-refractivity contribution is 6.00. The van der Waals surface area contributed by atoms with E-state index < -0.39 is 0 Å². The van der Waals surface area contributed by atoms with Crippen molar-refractivity contribution in [3.8, 4) is 0 Å². The van der Waals surface area contributed by atoms with Crippen LogP contribution in [0.1, 0.15) is 21.5 Å². The Morgan fingerprint density at radius 1 is 1.00 bits per heavy atom. The van der Waals surface area contributed by atoms with Crippen molar-refractivity contribution in [3.63, 3.8) is 0 Å². The number of carbonyl (C=O) groups excluding carboxylic acids is 1. The molecule has 0 saturated heterocycles. The van der Waals surface area contributed by atoms with Crippen LogP contribution in [0.3, 0.4) is 0 Å². The van der Waals surface area contributed by atoms with E-state index in [0.29, 0.717) is 0 Å². The van der Waals surface area contributed by atoms with E-state index in [1.807, 2.05) is 43.3 Å². The molecule has 1 aliphatic carbocycles. The lowest BCUT2D eigenvalue weighted by atomic mass is 10.1. The number of rotatable bonds is 3. The van der Waals surface area contributed by atoms with Gasteiger partial charge < -0.3 is 10.2 Å². The smallest absolute Gasteiger partial charge is 0.253 e. The molecule has 108 valence electrons. The fourth-order valence-corrected chi connectivity index (χ4v) is 2.98. The molecule has 1 N–H and O–H groups in total. The summed E-state index contributed by atoms with van der Waals surface area (Å²) in [4.78, 5) is 14.5. The van der Waals surface area contributed by atoms with Crippen LogP contribution in [0.5, 0.6) is 0 Å². The molecule has 3 heteroatoms. The van der Waals surface area contributed by atoms with E-state index in [1.165, 1.54) is 11.1 Å². The van der Waals surface area contributed by atoms with Crippen LogP contribution >= 0.6 is 0 Å². The minimum absolute atomic E-state index is 0.0112. The third kappa shape index (κ3) is 2.77. The molecule has 2 aromatic rings. The number of fused-ring (bicyclic) bond motifs is 1. The monoisotopic (exact) mass is 280 g/mol. The number of benzene rings is 2. The maximum absolute atomic E-state index is 12.5. The number of carbonyl (C=O) groups is 1. The molecule has 1 amide bonds. The van der Waals surface area contributed by atoms with Gasteiger partial charge in [0.15, 0.2) is 0 Å². The van der Waals surface area contributed by atoms with E-state index in [1.54, 1.807) is 0 Å². The van der Waals surface area contributed by atoms with Crippen LogP contribution in [-0.2, 0) is 12.8 Å². The predicted octanol–water partition coefficient (Wildman–Crippen LogP) is 2.65. The number of anilines is 1. The second-order valence-corrected chi connectivity index (χ2v) is 5.76. The van der Waals surface area contributed by atoms with Gasteiger partial charge in [0, 0.05) is 25.8 Å². The molecule has 0 aromatic heterocycles. The van der Waals surface area contributed by atoms with Crippen LogP contribution in [0.2, 0.25) is 0 Å². The molecule has 0 spiro atoms. The van der Waals surface area contributed by atoms with Gasteiger partial charge in [0.05, 0.1) is 5.56 Å². The van der Waals surface area contributed by atoms with E-state index in [4.69, 9.17) is 0 Å². The van der Waals surface area contributed by atoms with E-state index in [2.05, 4.69) is 29.6 Å². The van der Waals surface area contributed by atoms with Crippen molar-refractivity contribution in [3.05, 3.63) is 65.2 Å². The van der Waals surface area contributed by atoms with Crippen molar-refractivity contribution in [2.45, 2.75) is 18.9 Å². The first kappa shape index (κ1) is 13.7. The topological polar surface area (TPSA) is 32.3 Å². The Labute approximate surface area is 125 Å². The van der Waals surface area contributed by atoms with Gasteiger partial charge in [-0.25, -0.2) is 0 Å². The van der Waals surface area contributed by atoms with Crippen LogP contribution in [-0.4, -0.2) is 26.0 Å². The van der Waals surface area contributed by atoms with Crippen molar-refractivity contribution in [1.82, 2.24) is 5.32 Å². The first-order chi connectivity index (χ1) is 10.1. The molecule has 1 aliphatic rings. The average molecular weight is 280 g/mol. The molecule has 0 aliphatic heterocycles. The van der Waals surface area contributed by atoms with Crippen molar-refractivity contribution < 1.29 is 4.79 Å². The lowest BCUT2D eigenvalue weighted by Gasteiger charge is -2.18. The van der Waals surface area contributed by atoms with E-state index in [0.717, 1.165) is 24.1 Å². The summed E-state index contributed by atoms with van der Waals surface area (Å²) in [6.45, 7) is 0. The number of hydrogen-bond acceptors (Lipinski definition) is 2. The van der Waals surface area contributed by atoms with Gasteiger partial charge in [-0.05, 0) is 36.1 Å². The Bertz CT molecular complexity index is 639. The zero-order valence-corrected chi connectivity index (χ0v) is 12.5. The van der Waals surface area contributed by atoms with Crippen LogP contribution in [0.25, 0.3) is 0 Å². The maximum Gasteiger partial charge on any atom is 0.253 e. The molecule has 0 fully saturated rings. The largest absolute Gasteiger partial charge is 0.377 e. The number of amides is 1. The van der Waals surface area contributed by atoms with Gasteiger partial charge in [0.1, 0.15) is 0 Å². The summed E-state index contributed by atoms with van der Waals surface area (Å²) < 4.78 is 0. The summed E-state index contributed by atoms with van der Waals surface area (Å²) in [6, 6.07) is 16.3. The predicted molar refractivity (Wildman–Crippen MR) is 85.9 cm³/mol. The summed E-state index contributed by atoms with van der Waals surface area (Å²) >= 11 is 0. The molecule has 0 radical (unpaired) electrons. The molecular weight excluding hydrogens is 260 g/mol. The van der Waals surface area contributed by atoms with Gasteiger partial charge in [-0.3, -0.25) is 4.79 Å². The van der Waals surface area contributed by atoms with Gasteiger partial charge in [0.25, 0.3) is 5.91 Å². The first-order valence-electron chi connectivity index (χ1n) is 7.29. The molecule has 0 heterocycles. The Morgan fingerprint density at radius 3 is 2.19 bits per heavy atom. The standard InChI is InChI=1S/C18H20N2O/c1-20(2)17-10-6-5-9-16(17)18(21)19-15-11-13-7-3-4-8-14(13)12-15/h3-10,15H,11-12H2,1-2H3,(H,19,21). The summed E-state index contributed by atoms with van der Waals surface area (Å²) in [7, 11) is 3.91.